The van der Waals surface area contributed by atoms with Gasteiger partial charge < -0.3 is 15.4 Å². The molecule has 3 aromatic carbocycles. The number of Topliss-reactive ketones (excluding diaryl/α,β-unsaturated/α-hetero) is 2. The van der Waals surface area contributed by atoms with E-state index in [0.29, 0.717) is 6.42 Å². The van der Waals surface area contributed by atoms with Crippen LogP contribution in [0.2, 0.25) is 0 Å². The van der Waals surface area contributed by atoms with Crippen molar-refractivity contribution >= 4 is 58.5 Å². The largest absolute Gasteiger partial charge is 0.445 e. The molecule has 1 aliphatic rings. The average molecular weight is 614 g/mol. The number of hydrogen-bond acceptors (Lipinski definition) is 8. The number of alkyl carbamates (subject to hydrolysis) is 1. The highest BCUT2D eigenvalue weighted by molar-refractivity contribution is 6.59. The van der Waals surface area contributed by atoms with Crippen molar-refractivity contribution in [3.8, 4) is 12.1 Å². The van der Waals surface area contributed by atoms with Crippen molar-refractivity contribution in [2.75, 3.05) is 12.4 Å². The highest BCUT2D eigenvalue weighted by Crippen LogP contribution is 2.28. The second kappa shape index (κ2) is 16.3. The van der Waals surface area contributed by atoms with E-state index in [1.807, 2.05) is 92.0 Å². The summed E-state index contributed by atoms with van der Waals surface area (Å²) in [6.45, 7) is 0.227. The number of aliphatic imine (C=N–C) groups is 1. The monoisotopic (exact) mass is 613 g/mol. The minimum Gasteiger partial charge on any atom is -0.445 e. The fraction of sp³-hybridized carbons (Fsp3) is 0.125. The molecule has 9 nitrogen and oxygen atoms in total. The van der Waals surface area contributed by atoms with Gasteiger partial charge in [0.05, 0.1) is 17.4 Å². The van der Waals surface area contributed by atoms with Crippen molar-refractivity contribution in [3.05, 3.63) is 117 Å². The Labute approximate surface area is 258 Å². The summed E-state index contributed by atoms with van der Waals surface area (Å²) in [5.74, 6) is -1.79. The third kappa shape index (κ3) is 9.14. The molecule has 11 heteroatoms. The van der Waals surface area contributed by atoms with Gasteiger partial charge in [-0.05, 0) is 29.7 Å². The standard InChI is InChI=1S/C24H25N3O2.C8Cl2N2O2/c1-25-22-14-8-9-15-23(22)26-17-21(16-19-10-4-2-5-11-19)27-24(28)29-18-20-12-6-3-7-13-20;9-5-6(10)8(14)4(2-12)3(1-11)7(5)13/h2-15,17,21,25H,16,18H2,1H3,(H,27,28);/b26-17+;/t21-;/m0./s1. The molecular weight excluding hydrogens is 589 g/mol. The van der Waals surface area contributed by atoms with Crippen molar-refractivity contribution in [3.63, 3.8) is 0 Å². The molecule has 0 heterocycles. The van der Waals surface area contributed by atoms with Crippen LogP contribution in [-0.4, -0.2) is 37.0 Å². The number of ketones is 2. The van der Waals surface area contributed by atoms with Crippen LogP contribution in [0, 0.1) is 22.7 Å². The van der Waals surface area contributed by atoms with E-state index in [4.69, 9.17) is 38.5 Å². The first kappa shape index (κ1) is 32.3. The molecule has 3 aromatic rings. The van der Waals surface area contributed by atoms with E-state index in [-0.39, 0.29) is 12.6 Å². The van der Waals surface area contributed by atoms with Crippen LogP contribution in [0.15, 0.2) is 111 Å². The predicted octanol–water partition coefficient (Wildman–Crippen LogP) is 6.14. The smallest absolute Gasteiger partial charge is 0.407 e. The van der Waals surface area contributed by atoms with E-state index in [9.17, 15) is 14.4 Å². The van der Waals surface area contributed by atoms with Crippen LogP contribution in [-0.2, 0) is 27.4 Å². The molecule has 0 aliphatic heterocycles. The van der Waals surface area contributed by atoms with Crippen molar-refractivity contribution in [1.82, 2.24) is 5.32 Å². The van der Waals surface area contributed by atoms with Gasteiger partial charge in [0, 0.05) is 13.3 Å². The van der Waals surface area contributed by atoms with Gasteiger partial charge in [-0.15, -0.1) is 0 Å². The van der Waals surface area contributed by atoms with Crippen LogP contribution in [0.1, 0.15) is 11.1 Å². The first-order valence-electron chi connectivity index (χ1n) is 12.8. The van der Waals surface area contributed by atoms with Crippen LogP contribution >= 0.6 is 23.2 Å². The maximum atomic E-state index is 12.3. The van der Waals surface area contributed by atoms with E-state index >= 15 is 0 Å². The average Bonchev–Trinajstić information content (AvgIpc) is 3.04. The zero-order chi connectivity index (χ0) is 31.2. The number of para-hydroxylation sites is 2. The van der Waals surface area contributed by atoms with Gasteiger partial charge in [-0.2, -0.15) is 10.5 Å². The summed E-state index contributed by atoms with van der Waals surface area (Å²) in [7, 11) is 1.86. The maximum absolute atomic E-state index is 12.3. The SMILES string of the molecule is CNc1ccccc1/N=C/[C@H](Cc1ccccc1)NC(=O)OCc1ccccc1.N#CC1=C(C#N)C(=O)C(Cl)=C(Cl)C1=O. The van der Waals surface area contributed by atoms with Crippen molar-refractivity contribution in [2.24, 2.45) is 4.99 Å². The number of anilines is 1. The molecule has 43 heavy (non-hydrogen) atoms. The van der Waals surface area contributed by atoms with Crippen molar-refractivity contribution in [2.45, 2.75) is 19.1 Å². The molecule has 216 valence electrons. The normalized spacial score (nSPS) is 13.4. The third-order valence-corrected chi connectivity index (χ3v) is 6.72. The summed E-state index contributed by atoms with van der Waals surface area (Å²) in [4.78, 5) is 39.4. The molecule has 2 N–H and O–H groups in total. The molecule has 0 saturated carbocycles. The number of allylic oxidation sites excluding steroid dienone is 4. The summed E-state index contributed by atoms with van der Waals surface area (Å²) in [5.41, 5.74) is 2.66. The van der Waals surface area contributed by atoms with Crippen LogP contribution < -0.4 is 10.6 Å². The quantitative estimate of drug-likeness (QED) is 0.229. The lowest BCUT2D eigenvalue weighted by molar-refractivity contribution is -0.115. The van der Waals surface area contributed by atoms with Gasteiger partial charge in [-0.1, -0.05) is 96.0 Å². The Hall–Kier alpha value is -5.22. The lowest BCUT2D eigenvalue weighted by atomic mass is 9.96. The molecule has 0 unspecified atom stereocenters. The molecule has 1 aliphatic carbocycles. The van der Waals surface area contributed by atoms with E-state index in [2.05, 4.69) is 15.6 Å². The summed E-state index contributed by atoms with van der Waals surface area (Å²) in [5, 5.41) is 22.0. The Morgan fingerprint density at radius 2 is 1.37 bits per heavy atom. The summed E-state index contributed by atoms with van der Waals surface area (Å²) in [6, 6.07) is 29.9. The number of benzene rings is 3. The summed E-state index contributed by atoms with van der Waals surface area (Å²) in [6.07, 6.45) is 1.91. The van der Waals surface area contributed by atoms with Crippen LogP contribution in [0.25, 0.3) is 0 Å². The molecule has 1 amide bonds. The number of amides is 1. The molecule has 0 radical (unpaired) electrons. The Balaban J connectivity index is 0.000000303. The third-order valence-electron chi connectivity index (χ3n) is 5.90. The first-order valence-corrected chi connectivity index (χ1v) is 13.6. The summed E-state index contributed by atoms with van der Waals surface area (Å²) < 4.78 is 5.37. The second-order valence-electron chi connectivity index (χ2n) is 8.81. The fourth-order valence-electron chi connectivity index (χ4n) is 3.75. The zero-order valence-electron chi connectivity index (χ0n) is 22.9. The van der Waals surface area contributed by atoms with E-state index in [0.717, 1.165) is 22.5 Å². The van der Waals surface area contributed by atoms with Crippen molar-refractivity contribution in [1.29, 1.82) is 10.5 Å². The van der Waals surface area contributed by atoms with Gasteiger partial charge in [0.15, 0.2) is 0 Å². The second-order valence-corrected chi connectivity index (χ2v) is 9.56. The molecule has 1 atom stereocenters. The molecule has 0 saturated heterocycles. The van der Waals surface area contributed by atoms with Crippen LogP contribution in [0.3, 0.4) is 0 Å². The number of rotatable bonds is 8. The molecule has 0 aromatic heterocycles. The highest BCUT2D eigenvalue weighted by Gasteiger charge is 2.33. The minimum atomic E-state index is -0.893. The Morgan fingerprint density at radius 3 is 1.91 bits per heavy atom. The van der Waals surface area contributed by atoms with Gasteiger partial charge in [-0.25, -0.2) is 4.79 Å². The van der Waals surface area contributed by atoms with Crippen molar-refractivity contribution < 1.29 is 19.1 Å². The molecule has 4 rings (SSSR count). The Bertz CT molecular complexity index is 1610. The fourth-order valence-corrected chi connectivity index (χ4v) is 4.11. The molecule has 0 bridgehead atoms. The Morgan fingerprint density at radius 1 is 0.860 bits per heavy atom. The van der Waals surface area contributed by atoms with Gasteiger partial charge in [0.1, 0.15) is 40.0 Å². The number of nitrogens with zero attached hydrogens (tertiary/aromatic N) is 3. The zero-order valence-corrected chi connectivity index (χ0v) is 24.4. The highest BCUT2D eigenvalue weighted by atomic mass is 35.5. The van der Waals surface area contributed by atoms with E-state index in [1.165, 1.54) is 12.1 Å². The van der Waals surface area contributed by atoms with E-state index in [1.54, 1.807) is 6.21 Å². The lowest BCUT2D eigenvalue weighted by Gasteiger charge is -2.15. The Kier molecular flexibility index (Phi) is 12.2. The van der Waals surface area contributed by atoms with Gasteiger partial charge in [0.2, 0.25) is 11.6 Å². The number of hydrogen-bond donors (Lipinski definition) is 2. The number of ether oxygens (including phenoxy) is 1. The summed E-state index contributed by atoms with van der Waals surface area (Å²) >= 11 is 10.8. The topological polar surface area (TPSA) is 144 Å². The number of carbonyl (C=O) groups is 3. The first-order chi connectivity index (χ1) is 20.8. The van der Waals surface area contributed by atoms with Crippen LogP contribution in [0.4, 0.5) is 16.2 Å². The number of nitriles is 2. The number of nitrogens with one attached hydrogen (secondary N) is 2. The van der Waals surface area contributed by atoms with E-state index < -0.39 is 38.9 Å². The van der Waals surface area contributed by atoms with Gasteiger partial charge >= 0.3 is 6.09 Å². The predicted molar refractivity (Wildman–Crippen MR) is 165 cm³/mol. The lowest BCUT2D eigenvalue weighted by Crippen LogP contribution is -2.38. The molecular formula is C32H25Cl2N5O4. The maximum Gasteiger partial charge on any atom is 0.407 e. The molecule has 0 fully saturated rings. The number of halogens is 2. The van der Waals surface area contributed by atoms with Gasteiger partial charge in [-0.3, -0.25) is 14.6 Å². The molecule has 0 spiro atoms. The number of carbonyl (C=O) groups excluding carboxylic acids is 3. The van der Waals surface area contributed by atoms with Gasteiger partial charge in [0.25, 0.3) is 0 Å². The van der Waals surface area contributed by atoms with Crippen LogP contribution in [0.5, 0.6) is 0 Å². The minimum absolute atomic E-state index is 0.227.